The molecule has 26 heavy (non-hydrogen) atoms. The Hall–Kier alpha value is -2.25. The zero-order valence-corrected chi connectivity index (χ0v) is 15.2. The minimum Gasteiger partial charge on any atom is -0.480 e. The topological polar surface area (TPSA) is 66.8 Å². The minimum absolute atomic E-state index is 0.160. The van der Waals surface area contributed by atoms with Gasteiger partial charge in [-0.2, -0.15) is 0 Å². The van der Waals surface area contributed by atoms with Gasteiger partial charge in [0.2, 0.25) is 0 Å². The molecule has 0 bridgehead atoms. The van der Waals surface area contributed by atoms with Gasteiger partial charge in [0.05, 0.1) is 0 Å². The van der Waals surface area contributed by atoms with E-state index in [9.17, 15) is 19.1 Å². The first-order valence-corrected chi connectivity index (χ1v) is 9.34. The first-order valence-electron chi connectivity index (χ1n) is 8.53. The Balaban J connectivity index is 1.80. The van der Waals surface area contributed by atoms with Crippen molar-refractivity contribution < 1.29 is 23.8 Å². The number of benzene rings is 1. The number of esters is 1. The Morgan fingerprint density at radius 3 is 2.85 bits per heavy atom. The first kappa shape index (κ1) is 18.5. The summed E-state index contributed by atoms with van der Waals surface area (Å²) in [6, 6.07) is 6.71. The number of hydrogen-bond acceptors (Lipinski definition) is 5. The van der Waals surface area contributed by atoms with E-state index in [0.717, 1.165) is 16.9 Å². The van der Waals surface area contributed by atoms with E-state index in [1.807, 2.05) is 6.92 Å². The van der Waals surface area contributed by atoms with Crippen molar-refractivity contribution in [2.45, 2.75) is 38.8 Å². The number of carboxylic acid groups (broad SMARTS) is 1. The van der Waals surface area contributed by atoms with Crippen molar-refractivity contribution in [2.75, 3.05) is 6.54 Å². The van der Waals surface area contributed by atoms with Gasteiger partial charge in [0.25, 0.3) is 0 Å². The van der Waals surface area contributed by atoms with Gasteiger partial charge in [0.15, 0.2) is 5.06 Å². The molecule has 1 unspecified atom stereocenters. The van der Waals surface area contributed by atoms with E-state index < -0.39 is 17.8 Å². The molecule has 3 rings (SSSR count). The third-order valence-electron chi connectivity index (χ3n) is 4.34. The molecule has 0 spiro atoms. The Kier molecular flexibility index (Phi) is 5.68. The van der Waals surface area contributed by atoms with Crippen LogP contribution in [0, 0.1) is 5.82 Å². The average molecular weight is 377 g/mol. The summed E-state index contributed by atoms with van der Waals surface area (Å²) >= 11 is 1.42. The van der Waals surface area contributed by atoms with Crippen LogP contribution in [0.2, 0.25) is 0 Å². The second kappa shape index (κ2) is 7.97. The number of carbonyl (C=O) groups is 2. The average Bonchev–Trinajstić information content (AvgIpc) is 2.98. The van der Waals surface area contributed by atoms with Crippen LogP contribution in [0.3, 0.4) is 0 Å². The molecule has 1 atom stereocenters. The molecule has 2 heterocycles. The van der Waals surface area contributed by atoms with Crippen molar-refractivity contribution in [3.8, 4) is 5.06 Å². The Morgan fingerprint density at radius 2 is 2.15 bits per heavy atom. The van der Waals surface area contributed by atoms with Gasteiger partial charge in [-0.3, -0.25) is 14.5 Å². The fourth-order valence-corrected chi connectivity index (χ4v) is 4.17. The zero-order valence-electron chi connectivity index (χ0n) is 14.4. The number of carboxylic acids is 1. The second-order valence-corrected chi connectivity index (χ2v) is 7.32. The Bertz CT molecular complexity index is 820. The lowest BCUT2D eigenvalue weighted by atomic mass is 10.0. The fourth-order valence-electron chi connectivity index (χ4n) is 3.15. The minimum atomic E-state index is -1.08. The number of carbonyl (C=O) groups excluding carboxylic acids is 1. The molecule has 0 saturated heterocycles. The lowest BCUT2D eigenvalue weighted by Crippen LogP contribution is -2.38. The number of rotatable bonds is 6. The molecule has 1 aromatic carbocycles. The predicted octanol–water partition coefficient (Wildman–Crippen LogP) is 3.78. The van der Waals surface area contributed by atoms with Crippen LogP contribution >= 0.6 is 11.3 Å². The normalized spacial score (nSPS) is 15.3. The van der Waals surface area contributed by atoms with Gasteiger partial charge < -0.3 is 9.84 Å². The largest absolute Gasteiger partial charge is 0.480 e. The number of halogens is 1. The molecular weight excluding hydrogens is 357 g/mol. The molecule has 1 aromatic heterocycles. The molecule has 0 fully saturated rings. The van der Waals surface area contributed by atoms with Crippen molar-refractivity contribution in [1.29, 1.82) is 0 Å². The summed E-state index contributed by atoms with van der Waals surface area (Å²) in [7, 11) is 0. The van der Waals surface area contributed by atoms with Crippen LogP contribution in [-0.4, -0.2) is 28.5 Å². The lowest BCUT2D eigenvalue weighted by molar-refractivity contribution is -0.144. The molecule has 0 radical (unpaired) electrons. The van der Waals surface area contributed by atoms with Gasteiger partial charge in [-0.1, -0.05) is 25.1 Å². The van der Waals surface area contributed by atoms with Gasteiger partial charge in [-0.25, -0.2) is 4.39 Å². The molecular formula is C19H20FNO4S. The lowest BCUT2D eigenvalue weighted by Gasteiger charge is -2.32. The molecule has 2 aromatic rings. The monoisotopic (exact) mass is 377 g/mol. The van der Waals surface area contributed by atoms with Crippen LogP contribution in [0.5, 0.6) is 5.06 Å². The summed E-state index contributed by atoms with van der Waals surface area (Å²) in [5.74, 6) is -1.87. The summed E-state index contributed by atoms with van der Waals surface area (Å²) in [5.41, 5.74) is 1.09. The number of thiophene rings is 1. The third kappa shape index (κ3) is 3.94. The maximum atomic E-state index is 14.1. The van der Waals surface area contributed by atoms with Gasteiger partial charge in [0, 0.05) is 30.0 Å². The molecule has 1 aliphatic rings. The first-order chi connectivity index (χ1) is 12.5. The highest BCUT2D eigenvalue weighted by Crippen LogP contribution is 2.36. The SMILES string of the molecule is CCCC(=O)Oc1cc2c(s1)CCN(C(C(=O)O)c1ccccc1F)C2. The standard InChI is InChI=1S/C19H20FNO4S/c1-2-5-16(22)25-17-10-12-11-21(9-8-15(12)26-17)18(19(23)24)13-6-3-4-7-14(13)20/h3-4,6-7,10,18H,2,5,8-9,11H2,1H3,(H,23,24). The van der Waals surface area contributed by atoms with E-state index in [1.165, 1.54) is 23.5 Å². The second-order valence-electron chi connectivity index (χ2n) is 6.22. The maximum Gasteiger partial charge on any atom is 0.325 e. The van der Waals surface area contributed by atoms with Gasteiger partial charge in [-0.05, 0) is 30.5 Å². The molecule has 0 amide bonds. The highest BCUT2D eigenvalue weighted by atomic mass is 32.1. The zero-order chi connectivity index (χ0) is 18.7. The molecule has 1 aliphatic heterocycles. The highest BCUT2D eigenvalue weighted by Gasteiger charge is 2.33. The maximum absolute atomic E-state index is 14.1. The van der Waals surface area contributed by atoms with Crippen molar-refractivity contribution in [3.05, 3.63) is 52.2 Å². The molecule has 7 heteroatoms. The number of ether oxygens (including phenoxy) is 1. The molecule has 5 nitrogen and oxygen atoms in total. The highest BCUT2D eigenvalue weighted by molar-refractivity contribution is 7.14. The summed E-state index contributed by atoms with van der Waals surface area (Å²) < 4.78 is 19.5. The van der Waals surface area contributed by atoms with Crippen LogP contribution in [0.4, 0.5) is 4.39 Å². The van der Waals surface area contributed by atoms with Crippen LogP contribution in [-0.2, 0) is 22.6 Å². The number of hydrogen-bond donors (Lipinski definition) is 1. The fraction of sp³-hybridized carbons (Fsp3) is 0.368. The van der Waals surface area contributed by atoms with Crippen LogP contribution in [0.25, 0.3) is 0 Å². The van der Waals surface area contributed by atoms with Gasteiger partial charge >= 0.3 is 11.9 Å². The van der Waals surface area contributed by atoms with Crippen LogP contribution in [0.1, 0.15) is 41.8 Å². The predicted molar refractivity (Wildman–Crippen MR) is 95.8 cm³/mol. The molecule has 138 valence electrons. The van der Waals surface area contributed by atoms with E-state index >= 15 is 0 Å². The Morgan fingerprint density at radius 1 is 1.38 bits per heavy atom. The van der Waals surface area contributed by atoms with E-state index in [1.54, 1.807) is 23.1 Å². The smallest absolute Gasteiger partial charge is 0.325 e. The van der Waals surface area contributed by atoms with Crippen molar-refractivity contribution >= 4 is 23.3 Å². The molecule has 0 saturated carbocycles. The van der Waals surface area contributed by atoms with Crippen molar-refractivity contribution in [2.24, 2.45) is 0 Å². The van der Waals surface area contributed by atoms with E-state index in [2.05, 4.69) is 0 Å². The van der Waals surface area contributed by atoms with E-state index in [4.69, 9.17) is 4.74 Å². The summed E-state index contributed by atoms with van der Waals surface area (Å²) in [5, 5.41) is 10.2. The molecule has 1 N–H and O–H groups in total. The van der Waals surface area contributed by atoms with E-state index in [-0.39, 0.29) is 11.5 Å². The number of nitrogens with zero attached hydrogens (tertiary/aromatic N) is 1. The Labute approximate surface area is 155 Å². The van der Waals surface area contributed by atoms with Crippen molar-refractivity contribution in [3.63, 3.8) is 0 Å². The van der Waals surface area contributed by atoms with Crippen molar-refractivity contribution in [1.82, 2.24) is 4.90 Å². The quantitative estimate of drug-likeness (QED) is 0.776. The van der Waals surface area contributed by atoms with E-state index in [0.29, 0.717) is 31.0 Å². The summed E-state index contributed by atoms with van der Waals surface area (Å²) in [6.45, 7) is 2.79. The van der Waals surface area contributed by atoms with Gasteiger partial charge in [-0.15, -0.1) is 11.3 Å². The van der Waals surface area contributed by atoms with Crippen LogP contribution < -0.4 is 4.74 Å². The number of fused-ring (bicyclic) bond motifs is 1. The third-order valence-corrected chi connectivity index (χ3v) is 5.46. The summed E-state index contributed by atoms with van der Waals surface area (Å²) in [6.07, 6.45) is 1.73. The van der Waals surface area contributed by atoms with Crippen LogP contribution in [0.15, 0.2) is 30.3 Å². The number of aliphatic carboxylic acids is 1. The molecule has 0 aliphatic carbocycles. The summed E-state index contributed by atoms with van der Waals surface area (Å²) in [4.78, 5) is 26.3. The van der Waals surface area contributed by atoms with Gasteiger partial charge in [0.1, 0.15) is 11.9 Å².